The minimum absolute atomic E-state index is 0.0817. The summed E-state index contributed by atoms with van der Waals surface area (Å²) in [5, 5.41) is 13.7. The lowest BCUT2D eigenvalue weighted by molar-refractivity contribution is -0.384. The number of rotatable bonds is 4. The predicted octanol–water partition coefficient (Wildman–Crippen LogP) is 3.34. The quantitative estimate of drug-likeness (QED) is 0.527. The van der Waals surface area contributed by atoms with Gasteiger partial charge in [0.25, 0.3) is 0 Å². The molecule has 0 saturated carbocycles. The zero-order valence-corrected chi connectivity index (χ0v) is 10.9. The van der Waals surface area contributed by atoms with Gasteiger partial charge in [0.2, 0.25) is 11.0 Å². The maximum atomic E-state index is 11.0. The van der Waals surface area contributed by atoms with E-state index in [0.717, 1.165) is 17.7 Å². The molecular formula is C12H11ClN4O2. The second kappa shape index (κ2) is 5.62. The maximum Gasteiger partial charge on any atom is 0.348 e. The summed E-state index contributed by atoms with van der Waals surface area (Å²) in [6.07, 6.45) is 2.06. The van der Waals surface area contributed by atoms with Crippen molar-refractivity contribution in [3.8, 4) is 0 Å². The van der Waals surface area contributed by atoms with Crippen molar-refractivity contribution in [2.45, 2.75) is 13.3 Å². The van der Waals surface area contributed by atoms with Crippen molar-refractivity contribution in [1.82, 2.24) is 9.97 Å². The molecule has 6 nitrogen and oxygen atoms in total. The molecule has 0 aliphatic carbocycles. The van der Waals surface area contributed by atoms with Crippen LogP contribution in [-0.2, 0) is 6.42 Å². The number of hydrogen-bond donors (Lipinski definition) is 1. The molecule has 0 radical (unpaired) electrons. The van der Waals surface area contributed by atoms with Crippen LogP contribution < -0.4 is 5.32 Å². The molecule has 0 saturated heterocycles. The lowest BCUT2D eigenvalue weighted by Gasteiger charge is -2.07. The van der Waals surface area contributed by atoms with Gasteiger partial charge in [0.1, 0.15) is 6.33 Å². The number of anilines is 2. The van der Waals surface area contributed by atoms with Crippen molar-refractivity contribution >= 4 is 28.8 Å². The molecule has 1 N–H and O–H groups in total. The Balaban J connectivity index is 2.38. The third-order valence-corrected chi connectivity index (χ3v) is 2.83. The Morgan fingerprint density at radius 2 is 2.21 bits per heavy atom. The molecule has 7 heteroatoms. The van der Waals surface area contributed by atoms with E-state index in [9.17, 15) is 10.1 Å². The van der Waals surface area contributed by atoms with E-state index in [4.69, 9.17) is 11.6 Å². The van der Waals surface area contributed by atoms with Crippen LogP contribution >= 0.6 is 11.6 Å². The molecule has 0 spiro atoms. The van der Waals surface area contributed by atoms with E-state index in [-0.39, 0.29) is 16.7 Å². The first kappa shape index (κ1) is 13.2. The Morgan fingerprint density at radius 3 is 2.89 bits per heavy atom. The van der Waals surface area contributed by atoms with Crippen LogP contribution in [0, 0.1) is 10.1 Å². The summed E-state index contributed by atoms with van der Waals surface area (Å²) in [4.78, 5) is 17.8. The monoisotopic (exact) mass is 278 g/mol. The second-order valence-electron chi connectivity index (χ2n) is 3.80. The van der Waals surface area contributed by atoms with E-state index in [1.54, 1.807) is 6.07 Å². The first-order valence-corrected chi connectivity index (χ1v) is 6.00. The first-order chi connectivity index (χ1) is 9.11. The summed E-state index contributed by atoms with van der Waals surface area (Å²) >= 11 is 5.72. The molecule has 0 unspecified atom stereocenters. The summed E-state index contributed by atoms with van der Waals surface area (Å²) in [6.45, 7) is 2.03. The van der Waals surface area contributed by atoms with Crippen molar-refractivity contribution in [3.63, 3.8) is 0 Å². The number of hydrogen-bond acceptors (Lipinski definition) is 5. The van der Waals surface area contributed by atoms with Crippen LogP contribution in [0.4, 0.5) is 17.2 Å². The van der Waals surface area contributed by atoms with E-state index in [2.05, 4.69) is 15.3 Å². The van der Waals surface area contributed by atoms with Gasteiger partial charge in [-0.3, -0.25) is 10.1 Å². The van der Waals surface area contributed by atoms with Crippen molar-refractivity contribution in [1.29, 1.82) is 0 Å². The molecule has 0 aliphatic rings. The molecule has 1 aromatic heterocycles. The Bertz CT molecular complexity index is 618. The maximum absolute atomic E-state index is 11.0. The van der Waals surface area contributed by atoms with Gasteiger partial charge in [0.05, 0.1) is 4.92 Å². The molecule has 0 atom stereocenters. The number of aryl methyl sites for hydroxylation is 1. The molecule has 0 amide bonds. The summed E-state index contributed by atoms with van der Waals surface area (Å²) < 4.78 is 0. The van der Waals surface area contributed by atoms with E-state index in [1.165, 1.54) is 6.33 Å². The molecular weight excluding hydrogens is 268 g/mol. The molecule has 98 valence electrons. The average Bonchev–Trinajstić information content (AvgIpc) is 2.38. The van der Waals surface area contributed by atoms with Crippen LogP contribution in [0.15, 0.2) is 30.6 Å². The molecule has 0 bridgehead atoms. The average molecular weight is 279 g/mol. The Kier molecular flexibility index (Phi) is 3.91. The molecule has 0 aliphatic heterocycles. The smallest absolute Gasteiger partial charge is 0.334 e. The number of benzene rings is 1. The zero-order valence-electron chi connectivity index (χ0n) is 10.1. The van der Waals surface area contributed by atoms with Gasteiger partial charge in [-0.2, -0.15) is 0 Å². The van der Waals surface area contributed by atoms with Crippen LogP contribution in [0.2, 0.25) is 5.15 Å². The van der Waals surface area contributed by atoms with E-state index >= 15 is 0 Å². The summed E-state index contributed by atoms with van der Waals surface area (Å²) in [6, 6.07) is 7.56. The second-order valence-corrected chi connectivity index (χ2v) is 4.16. The van der Waals surface area contributed by atoms with Crippen LogP contribution in [0.3, 0.4) is 0 Å². The minimum atomic E-state index is -0.603. The zero-order chi connectivity index (χ0) is 13.8. The van der Waals surface area contributed by atoms with Crippen molar-refractivity contribution in [2.75, 3.05) is 5.32 Å². The van der Waals surface area contributed by atoms with Gasteiger partial charge < -0.3 is 5.32 Å². The van der Waals surface area contributed by atoms with Gasteiger partial charge in [0.15, 0.2) is 0 Å². The largest absolute Gasteiger partial charge is 0.348 e. The molecule has 1 aromatic carbocycles. The van der Waals surface area contributed by atoms with E-state index < -0.39 is 4.92 Å². The normalized spacial score (nSPS) is 10.2. The number of nitrogens with zero attached hydrogens (tertiary/aromatic N) is 3. The standard InChI is InChI=1S/C12H11ClN4O2/c1-2-8-4-3-5-9(6-8)16-12-10(17(18)19)11(13)14-7-15-12/h3-7H,2H2,1H3,(H,14,15,16). The Labute approximate surface area is 114 Å². The fourth-order valence-electron chi connectivity index (χ4n) is 1.62. The molecule has 0 fully saturated rings. The third kappa shape index (κ3) is 2.97. The summed E-state index contributed by atoms with van der Waals surface area (Å²) in [5.74, 6) is 0.0817. The van der Waals surface area contributed by atoms with Gasteiger partial charge in [-0.1, -0.05) is 30.7 Å². The summed E-state index contributed by atoms with van der Waals surface area (Å²) in [7, 11) is 0. The number of halogens is 1. The SMILES string of the molecule is CCc1cccc(Nc2ncnc(Cl)c2[N+](=O)[O-])c1. The van der Waals surface area contributed by atoms with Gasteiger partial charge in [-0.05, 0) is 24.1 Å². The first-order valence-electron chi connectivity index (χ1n) is 5.62. The molecule has 1 heterocycles. The molecule has 19 heavy (non-hydrogen) atoms. The van der Waals surface area contributed by atoms with E-state index in [1.807, 2.05) is 25.1 Å². The van der Waals surface area contributed by atoms with Gasteiger partial charge in [-0.15, -0.1) is 0 Å². The topological polar surface area (TPSA) is 81.0 Å². The van der Waals surface area contributed by atoms with Crippen molar-refractivity contribution < 1.29 is 4.92 Å². The minimum Gasteiger partial charge on any atom is -0.334 e. The van der Waals surface area contributed by atoms with Crippen LogP contribution in [0.1, 0.15) is 12.5 Å². The number of nitro groups is 1. The number of aromatic nitrogens is 2. The van der Waals surface area contributed by atoms with Gasteiger partial charge in [-0.25, -0.2) is 9.97 Å². The summed E-state index contributed by atoms with van der Waals surface area (Å²) in [5.41, 5.74) is 1.51. The van der Waals surface area contributed by atoms with Gasteiger partial charge >= 0.3 is 5.69 Å². The van der Waals surface area contributed by atoms with E-state index in [0.29, 0.717) is 0 Å². The van der Waals surface area contributed by atoms with Crippen molar-refractivity contribution in [3.05, 3.63) is 51.4 Å². The lowest BCUT2D eigenvalue weighted by Crippen LogP contribution is -2.01. The highest BCUT2D eigenvalue weighted by Gasteiger charge is 2.21. The van der Waals surface area contributed by atoms with Crippen LogP contribution in [0.5, 0.6) is 0 Å². The highest BCUT2D eigenvalue weighted by molar-refractivity contribution is 6.31. The van der Waals surface area contributed by atoms with Crippen LogP contribution in [0.25, 0.3) is 0 Å². The third-order valence-electron chi connectivity index (χ3n) is 2.56. The predicted molar refractivity (Wildman–Crippen MR) is 72.8 cm³/mol. The fraction of sp³-hybridized carbons (Fsp3) is 0.167. The highest BCUT2D eigenvalue weighted by Crippen LogP contribution is 2.30. The van der Waals surface area contributed by atoms with Crippen LogP contribution in [-0.4, -0.2) is 14.9 Å². The Morgan fingerprint density at radius 1 is 1.42 bits per heavy atom. The van der Waals surface area contributed by atoms with Crippen molar-refractivity contribution in [2.24, 2.45) is 0 Å². The fourth-order valence-corrected chi connectivity index (χ4v) is 1.82. The highest BCUT2D eigenvalue weighted by atomic mass is 35.5. The Hall–Kier alpha value is -2.21. The molecule has 2 rings (SSSR count). The number of nitrogens with one attached hydrogen (secondary N) is 1. The molecule has 2 aromatic rings. The lowest BCUT2D eigenvalue weighted by atomic mass is 10.1. The van der Waals surface area contributed by atoms with Gasteiger partial charge in [0, 0.05) is 5.69 Å².